The Balaban J connectivity index is 1.97. The van der Waals surface area contributed by atoms with Crippen LogP contribution in [0.3, 0.4) is 0 Å². The van der Waals surface area contributed by atoms with E-state index in [-0.39, 0.29) is 24.0 Å². The first-order valence-corrected chi connectivity index (χ1v) is 9.08. The SMILES string of the molecule is COCCCN1C(=O)C(c2ccccc2)=C(N2CC(C)OC(C)C2)C1=O. The fourth-order valence-corrected chi connectivity index (χ4v) is 3.65. The Morgan fingerprint density at radius 1 is 1.08 bits per heavy atom. The number of morpholine rings is 1. The molecule has 2 unspecified atom stereocenters. The fraction of sp³-hybridized carbons (Fsp3) is 0.500. The Morgan fingerprint density at radius 3 is 2.35 bits per heavy atom. The van der Waals surface area contributed by atoms with Crippen molar-refractivity contribution in [3.63, 3.8) is 0 Å². The Kier molecular flexibility index (Phi) is 5.74. The van der Waals surface area contributed by atoms with Gasteiger partial charge in [0.05, 0.1) is 17.8 Å². The first-order valence-electron chi connectivity index (χ1n) is 9.08. The largest absolute Gasteiger partial charge is 0.385 e. The smallest absolute Gasteiger partial charge is 0.277 e. The van der Waals surface area contributed by atoms with Crippen LogP contribution in [0.2, 0.25) is 0 Å². The molecule has 0 N–H and O–H groups in total. The van der Waals surface area contributed by atoms with Gasteiger partial charge in [-0.3, -0.25) is 14.5 Å². The van der Waals surface area contributed by atoms with Crippen LogP contribution >= 0.6 is 0 Å². The van der Waals surface area contributed by atoms with E-state index in [1.165, 1.54) is 4.90 Å². The highest BCUT2D eigenvalue weighted by molar-refractivity contribution is 6.35. The summed E-state index contributed by atoms with van der Waals surface area (Å²) in [4.78, 5) is 29.6. The Labute approximate surface area is 154 Å². The van der Waals surface area contributed by atoms with Gasteiger partial charge in [0.2, 0.25) is 0 Å². The molecule has 3 rings (SSSR count). The lowest BCUT2D eigenvalue weighted by Crippen LogP contribution is -2.47. The minimum Gasteiger partial charge on any atom is -0.385 e. The lowest BCUT2D eigenvalue weighted by molar-refractivity contribution is -0.138. The van der Waals surface area contributed by atoms with E-state index in [4.69, 9.17) is 9.47 Å². The average molecular weight is 358 g/mol. The summed E-state index contributed by atoms with van der Waals surface area (Å²) in [5, 5.41) is 0. The number of methoxy groups -OCH3 is 1. The molecule has 6 nitrogen and oxygen atoms in total. The topological polar surface area (TPSA) is 59.1 Å². The molecule has 2 aliphatic heterocycles. The molecule has 1 fully saturated rings. The summed E-state index contributed by atoms with van der Waals surface area (Å²) in [6.07, 6.45) is 0.640. The van der Waals surface area contributed by atoms with E-state index >= 15 is 0 Å². The van der Waals surface area contributed by atoms with Crippen LogP contribution in [0.25, 0.3) is 5.57 Å². The summed E-state index contributed by atoms with van der Waals surface area (Å²) >= 11 is 0. The first kappa shape index (κ1) is 18.6. The van der Waals surface area contributed by atoms with Crippen molar-refractivity contribution in [1.82, 2.24) is 9.80 Å². The van der Waals surface area contributed by atoms with Gasteiger partial charge >= 0.3 is 0 Å². The predicted molar refractivity (Wildman–Crippen MR) is 98.2 cm³/mol. The molecule has 1 aromatic carbocycles. The minimum atomic E-state index is -0.223. The van der Waals surface area contributed by atoms with Gasteiger partial charge in [-0.25, -0.2) is 0 Å². The summed E-state index contributed by atoms with van der Waals surface area (Å²) in [6, 6.07) is 9.44. The number of imide groups is 1. The minimum absolute atomic E-state index is 0.00807. The van der Waals surface area contributed by atoms with Crippen LogP contribution in [0.5, 0.6) is 0 Å². The van der Waals surface area contributed by atoms with Gasteiger partial charge in [0, 0.05) is 33.4 Å². The van der Waals surface area contributed by atoms with Gasteiger partial charge in [0.25, 0.3) is 11.8 Å². The summed E-state index contributed by atoms with van der Waals surface area (Å²) in [5.74, 6) is -0.439. The fourth-order valence-electron chi connectivity index (χ4n) is 3.65. The third kappa shape index (κ3) is 3.66. The Hall–Kier alpha value is -2.18. The van der Waals surface area contributed by atoms with Crippen LogP contribution in [0.15, 0.2) is 36.0 Å². The van der Waals surface area contributed by atoms with Gasteiger partial charge < -0.3 is 14.4 Å². The van der Waals surface area contributed by atoms with E-state index < -0.39 is 0 Å². The number of nitrogens with zero attached hydrogens (tertiary/aromatic N) is 2. The molecule has 0 saturated carbocycles. The van der Waals surface area contributed by atoms with E-state index in [2.05, 4.69) is 0 Å². The molecule has 6 heteroatoms. The zero-order chi connectivity index (χ0) is 18.7. The predicted octanol–water partition coefficient (Wildman–Crippen LogP) is 1.91. The van der Waals surface area contributed by atoms with Crippen molar-refractivity contribution in [2.24, 2.45) is 0 Å². The molecule has 0 aromatic heterocycles. The molecular formula is C20H26N2O4. The summed E-state index contributed by atoms with van der Waals surface area (Å²) in [5.41, 5.74) is 1.77. The van der Waals surface area contributed by atoms with Crippen molar-refractivity contribution < 1.29 is 19.1 Å². The lowest BCUT2D eigenvalue weighted by atomic mass is 10.0. The molecule has 2 heterocycles. The summed E-state index contributed by atoms with van der Waals surface area (Å²) in [6.45, 7) is 6.05. The molecule has 1 aromatic rings. The van der Waals surface area contributed by atoms with Crippen molar-refractivity contribution >= 4 is 17.4 Å². The number of carbonyl (C=O) groups excluding carboxylic acids is 2. The number of amides is 2. The summed E-state index contributed by atoms with van der Waals surface area (Å²) in [7, 11) is 1.61. The zero-order valence-electron chi connectivity index (χ0n) is 15.6. The number of ether oxygens (including phenoxy) is 2. The van der Waals surface area contributed by atoms with Crippen LogP contribution in [-0.4, -0.2) is 67.2 Å². The molecule has 0 bridgehead atoms. The molecule has 1 saturated heterocycles. The van der Waals surface area contributed by atoms with Gasteiger partial charge in [0.1, 0.15) is 5.70 Å². The van der Waals surface area contributed by atoms with Gasteiger partial charge in [0.15, 0.2) is 0 Å². The normalized spacial score (nSPS) is 24.0. The van der Waals surface area contributed by atoms with Crippen LogP contribution in [0.1, 0.15) is 25.8 Å². The first-order chi connectivity index (χ1) is 12.5. The molecule has 26 heavy (non-hydrogen) atoms. The second-order valence-electron chi connectivity index (χ2n) is 6.86. The van der Waals surface area contributed by atoms with E-state index in [1.807, 2.05) is 49.1 Å². The van der Waals surface area contributed by atoms with Crippen molar-refractivity contribution in [2.45, 2.75) is 32.5 Å². The number of hydrogen-bond acceptors (Lipinski definition) is 5. The monoisotopic (exact) mass is 358 g/mol. The van der Waals surface area contributed by atoms with Crippen LogP contribution in [0, 0.1) is 0 Å². The van der Waals surface area contributed by atoms with E-state index in [0.29, 0.717) is 43.9 Å². The van der Waals surface area contributed by atoms with Crippen molar-refractivity contribution in [1.29, 1.82) is 0 Å². The van der Waals surface area contributed by atoms with Gasteiger partial charge in [-0.05, 0) is 25.8 Å². The van der Waals surface area contributed by atoms with E-state index in [1.54, 1.807) is 7.11 Å². The summed E-state index contributed by atoms with van der Waals surface area (Å²) < 4.78 is 10.9. The lowest BCUT2D eigenvalue weighted by Gasteiger charge is -2.37. The maximum absolute atomic E-state index is 13.1. The zero-order valence-corrected chi connectivity index (χ0v) is 15.6. The van der Waals surface area contributed by atoms with E-state index in [9.17, 15) is 9.59 Å². The number of hydrogen-bond donors (Lipinski definition) is 0. The molecule has 0 aliphatic carbocycles. The van der Waals surface area contributed by atoms with Gasteiger partial charge in [-0.1, -0.05) is 30.3 Å². The van der Waals surface area contributed by atoms with E-state index in [0.717, 1.165) is 5.56 Å². The molecule has 2 aliphatic rings. The Morgan fingerprint density at radius 2 is 1.73 bits per heavy atom. The van der Waals surface area contributed by atoms with Crippen LogP contribution in [0.4, 0.5) is 0 Å². The molecule has 140 valence electrons. The average Bonchev–Trinajstić information content (AvgIpc) is 2.86. The molecule has 2 atom stereocenters. The van der Waals surface area contributed by atoms with Gasteiger partial charge in [-0.15, -0.1) is 0 Å². The maximum Gasteiger partial charge on any atom is 0.277 e. The second kappa shape index (κ2) is 8.01. The Bertz CT molecular complexity index is 691. The van der Waals surface area contributed by atoms with Crippen LogP contribution < -0.4 is 0 Å². The highest BCUT2D eigenvalue weighted by Gasteiger charge is 2.42. The highest BCUT2D eigenvalue weighted by Crippen LogP contribution is 2.33. The number of benzene rings is 1. The van der Waals surface area contributed by atoms with Crippen LogP contribution in [-0.2, 0) is 19.1 Å². The number of rotatable bonds is 6. The second-order valence-corrected chi connectivity index (χ2v) is 6.86. The molecule has 0 radical (unpaired) electrons. The van der Waals surface area contributed by atoms with Crippen molar-refractivity contribution in [3.05, 3.63) is 41.6 Å². The standard InChI is InChI=1S/C20H26N2O4/c1-14-12-21(13-15(2)26-14)18-17(16-8-5-4-6-9-16)19(23)22(20(18)24)10-7-11-25-3/h4-6,8-9,14-15H,7,10-13H2,1-3H3. The van der Waals surface area contributed by atoms with Gasteiger partial charge in [-0.2, -0.15) is 0 Å². The van der Waals surface area contributed by atoms with Crippen molar-refractivity contribution in [3.8, 4) is 0 Å². The molecular weight excluding hydrogens is 332 g/mol. The highest BCUT2D eigenvalue weighted by atomic mass is 16.5. The van der Waals surface area contributed by atoms with Crippen molar-refractivity contribution in [2.75, 3.05) is 33.4 Å². The molecule has 0 spiro atoms. The quantitative estimate of drug-likeness (QED) is 0.574. The third-order valence-electron chi connectivity index (χ3n) is 4.67. The molecule has 2 amide bonds. The third-order valence-corrected chi connectivity index (χ3v) is 4.67. The number of carbonyl (C=O) groups is 2. The maximum atomic E-state index is 13.1.